The van der Waals surface area contributed by atoms with Gasteiger partial charge < -0.3 is 15.4 Å². The maximum absolute atomic E-state index is 12.1. The minimum absolute atomic E-state index is 0.0571. The zero-order valence-electron chi connectivity index (χ0n) is 14.9. The van der Waals surface area contributed by atoms with Crippen molar-refractivity contribution in [2.75, 3.05) is 23.8 Å². The van der Waals surface area contributed by atoms with Crippen molar-refractivity contribution < 1.29 is 19.1 Å². The molecule has 6 heteroatoms. The number of rotatable bonds is 8. The summed E-state index contributed by atoms with van der Waals surface area (Å²) in [6, 6.07) is 13.8. The third kappa shape index (κ3) is 5.44. The Morgan fingerprint density at radius 3 is 2.54 bits per heavy atom. The van der Waals surface area contributed by atoms with Gasteiger partial charge in [0.15, 0.2) is 5.78 Å². The summed E-state index contributed by atoms with van der Waals surface area (Å²) in [6.07, 6.45) is 0.210. The molecule has 2 aromatic rings. The first-order valence-corrected chi connectivity index (χ1v) is 8.42. The van der Waals surface area contributed by atoms with Crippen LogP contribution in [0.25, 0.3) is 0 Å². The number of benzene rings is 2. The second-order valence-electron chi connectivity index (χ2n) is 5.63. The number of anilines is 2. The van der Waals surface area contributed by atoms with Crippen molar-refractivity contribution in [2.24, 2.45) is 0 Å². The van der Waals surface area contributed by atoms with E-state index in [1.165, 1.54) is 6.92 Å². The van der Waals surface area contributed by atoms with Gasteiger partial charge in [-0.3, -0.25) is 9.59 Å². The molecule has 0 atom stereocenters. The van der Waals surface area contributed by atoms with E-state index in [2.05, 4.69) is 10.6 Å². The van der Waals surface area contributed by atoms with Crippen LogP contribution in [0.4, 0.5) is 11.4 Å². The average Bonchev–Trinajstić information content (AvgIpc) is 2.62. The fourth-order valence-corrected chi connectivity index (χ4v) is 2.37. The highest BCUT2D eigenvalue weighted by Gasteiger charge is 2.12. The van der Waals surface area contributed by atoms with Crippen LogP contribution in [0.5, 0.6) is 0 Å². The molecule has 0 spiro atoms. The first-order valence-electron chi connectivity index (χ1n) is 8.42. The molecule has 2 rings (SSSR count). The highest BCUT2D eigenvalue weighted by Crippen LogP contribution is 2.16. The number of esters is 1. The van der Waals surface area contributed by atoms with E-state index in [0.717, 1.165) is 0 Å². The van der Waals surface area contributed by atoms with E-state index in [4.69, 9.17) is 4.74 Å². The summed E-state index contributed by atoms with van der Waals surface area (Å²) in [5.41, 5.74) is 2.18. The van der Waals surface area contributed by atoms with Crippen LogP contribution in [0, 0.1) is 0 Å². The monoisotopic (exact) mass is 354 g/mol. The quantitative estimate of drug-likeness (QED) is 0.560. The molecule has 2 aromatic carbocycles. The molecule has 26 heavy (non-hydrogen) atoms. The summed E-state index contributed by atoms with van der Waals surface area (Å²) < 4.78 is 5.02. The molecule has 0 bridgehead atoms. The van der Waals surface area contributed by atoms with Gasteiger partial charge in [0.2, 0.25) is 5.91 Å². The second-order valence-corrected chi connectivity index (χ2v) is 5.63. The molecule has 0 fully saturated rings. The molecule has 0 saturated carbocycles. The van der Waals surface area contributed by atoms with Crippen molar-refractivity contribution in [1.29, 1.82) is 0 Å². The molecule has 0 unspecified atom stereocenters. The molecule has 0 aromatic heterocycles. The summed E-state index contributed by atoms with van der Waals surface area (Å²) in [5, 5.41) is 5.84. The van der Waals surface area contributed by atoms with Gasteiger partial charge in [-0.1, -0.05) is 24.3 Å². The van der Waals surface area contributed by atoms with Crippen LogP contribution in [0.2, 0.25) is 0 Å². The lowest BCUT2D eigenvalue weighted by Crippen LogP contribution is -2.17. The Morgan fingerprint density at radius 1 is 1.04 bits per heavy atom. The van der Waals surface area contributed by atoms with Crippen LogP contribution < -0.4 is 10.6 Å². The van der Waals surface area contributed by atoms with E-state index >= 15 is 0 Å². The molecular formula is C20H22N2O4. The molecule has 6 nitrogen and oxygen atoms in total. The summed E-state index contributed by atoms with van der Waals surface area (Å²) in [7, 11) is 0. The second kappa shape index (κ2) is 9.36. The highest BCUT2D eigenvalue weighted by atomic mass is 16.5. The number of carbonyl (C=O) groups is 3. The molecule has 2 N–H and O–H groups in total. The maximum Gasteiger partial charge on any atom is 0.340 e. The third-order valence-electron chi connectivity index (χ3n) is 3.64. The van der Waals surface area contributed by atoms with Crippen molar-refractivity contribution in [2.45, 2.75) is 20.3 Å². The van der Waals surface area contributed by atoms with Gasteiger partial charge in [0.25, 0.3) is 0 Å². The van der Waals surface area contributed by atoms with Crippen LogP contribution in [0.3, 0.4) is 0 Å². The van der Waals surface area contributed by atoms with Crippen molar-refractivity contribution in [1.82, 2.24) is 0 Å². The molecule has 0 aliphatic carbocycles. The average molecular weight is 354 g/mol. The van der Waals surface area contributed by atoms with Crippen molar-refractivity contribution in [3.8, 4) is 0 Å². The minimum atomic E-state index is -0.402. The van der Waals surface area contributed by atoms with E-state index < -0.39 is 5.97 Å². The van der Waals surface area contributed by atoms with Crippen LogP contribution in [-0.4, -0.2) is 30.8 Å². The van der Waals surface area contributed by atoms with Crippen LogP contribution in [-0.2, 0) is 9.53 Å². The van der Waals surface area contributed by atoms with Gasteiger partial charge in [0, 0.05) is 29.9 Å². The van der Waals surface area contributed by atoms with Crippen molar-refractivity contribution >= 4 is 29.0 Å². The van der Waals surface area contributed by atoms with Crippen LogP contribution in [0.1, 0.15) is 41.0 Å². The van der Waals surface area contributed by atoms with Gasteiger partial charge in [0.1, 0.15) is 0 Å². The number of carbonyl (C=O) groups excluding carboxylic acids is 3. The lowest BCUT2D eigenvalue weighted by Gasteiger charge is -2.11. The SMILES string of the molecule is CCOC(=O)c1ccccc1NCCC(=O)Nc1cccc(C(C)=O)c1. The van der Waals surface area contributed by atoms with Gasteiger partial charge in [-0.15, -0.1) is 0 Å². The lowest BCUT2D eigenvalue weighted by atomic mass is 10.1. The first-order chi connectivity index (χ1) is 12.5. The van der Waals surface area contributed by atoms with Crippen molar-refractivity contribution in [3.63, 3.8) is 0 Å². The van der Waals surface area contributed by atoms with Gasteiger partial charge in [-0.05, 0) is 38.1 Å². The van der Waals surface area contributed by atoms with Gasteiger partial charge in [-0.25, -0.2) is 4.79 Å². The third-order valence-corrected chi connectivity index (χ3v) is 3.64. The highest BCUT2D eigenvalue weighted by molar-refractivity contribution is 5.97. The molecule has 0 saturated heterocycles. The fourth-order valence-electron chi connectivity index (χ4n) is 2.37. The fraction of sp³-hybridized carbons (Fsp3) is 0.250. The lowest BCUT2D eigenvalue weighted by molar-refractivity contribution is -0.115. The van der Waals surface area contributed by atoms with E-state index in [9.17, 15) is 14.4 Å². The normalized spacial score (nSPS) is 10.1. The first kappa shape index (κ1) is 19.2. The van der Waals surface area contributed by atoms with Crippen molar-refractivity contribution in [3.05, 3.63) is 59.7 Å². The van der Waals surface area contributed by atoms with E-state index in [0.29, 0.717) is 35.7 Å². The number of hydrogen-bond acceptors (Lipinski definition) is 5. The maximum atomic E-state index is 12.1. The number of Topliss-reactive ketones (excluding diaryl/α,β-unsaturated/α-hetero) is 1. The number of ketones is 1. The Balaban J connectivity index is 1.90. The molecule has 0 radical (unpaired) electrons. The van der Waals surface area contributed by atoms with E-state index in [1.807, 2.05) is 0 Å². The van der Waals surface area contributed by atoms with Crippen LogP contribution >= 0.6 is 0 Å². The number of hydrogen-bond donors (Lipinski definition) is 2. The Morgan fingerprint density at radius 2 is 1.81 bits per heavy atom. The minimum Gasteiger partial charge on any atom is -0.462 e. The van der Waals surface area contributed by atoms with Gasteiger partial charge in [0.05, 0.1) is 12.2 Å². The van der Waals surface area contributed by atoms with Crippen LogP contribution in [0.15, 0.2) is 48.5 Å². The molecule has 0 heterocycles. The molecule has 0 aliphatic heterocycles. The smallest absolute Gasteiger partial charge is 0.340 e. The Hall–Kier alpha value is -3.15. The number of nitrogens with one attached hydrogen (secondary N) is 2. The topological polar surface area (TPSA) is 84.5 Å². The summed E-state index contributed by atoms with van der Waals surface area (Å²) in [4.78, 5) is 35.4. The van der Waals surface area contributed by atoms with Gasteiger partial charge in [-0.2, -0.15) is 0 Å². The predicted octanol–water partition coefficient (Wildman–Crippen LogP) is 3.51. The number of ether oxygens (including phenoxy) is 1. The van der Waals surface area contributed by atoms with Gasteiger partial charge >= 0.3 is 5.97 Å². The number of para-hydroxylation sites is 1. The predicted molar refractivity (Wildman–Crippen MR) is 101 cm³/mol. The Labute approximate surface area is 152 Å². The van der Waals surface area contributed by atoms with E-state index in [1.54, 1.807) is 55.5 Å². The Kier molecular flexibility index (Phi) is 6.91. The molecular weight excluding hydrogens is 332 g/mol. The standard InChI is InChI=1S/C20H22N2O4/c1-3-26-20(25)17-9-4-5-10-18(17)21-12-11-19(24)22-16-8-6-7-15(13-16)14(2)23/h4-10,13,21H,3,11-12H2,1-2H3,(H,22,24). The van der Waals surface area contributed by atoms with E-state index in [-0.39, 0.29) is 18.1 Å². The Bertz CT molecular complexity index is 802. The largest absolute Gasteiger partial charge is 0.462 e. The molecule has 0 aliphatic rings. The summed E-state index contributed by atoms with van der Waals surface area (Å²) >= 11 is 0. The molecule has 136 valence electrons. The molecule has 1 amide bonds. The zero-order chi connectivity index (χ0) is 18.9. The summed E-state index contributed by atoms with van der Waals surface area (Å²) in [6.45, 7) is 3.88. The zero-order valence-corrected chi connectivity index (χ0v) is 14.9. The number of amides is 1. The summed E-state index contributed by atoms with van der Waals surface area (Å²) in [5.74, 6) is -0.647.